The second-order valence-corrected chi connectivity index (χ2v) is 4.17. The number of thiazole rings is 1. The van der Waals surface area contributed by atoms with Crippen LogP contribution in [0.5, 0.6) is 0 Å². The molecule has 0 amide bonds. The molecule has 0 aliphatic heterocycles. The minimum absolute atomic E-state index is 0.492. The molecule has 1 rings (SSSR count). The highest BCUT2D eigenvalue weighted by molar-refractivity contribution is 9.11. The Labute approximate surface area is 81.0 Å². The normalized spacial score (nSPS) is 10.7. The van der Waals surface area contributed by atoms with E-state index in [1.165, 1.54) is 17.4 Å². The van der Waals surface area contributed by atoms with Gasteiger partial charge < -0.3 is 0 Å². The molecule has 0 unspecified atom stereocenters. The molecule has 2 nitrogen and oxygen atoms in total. The van der Waals surface area contributed by atoms with E-state index in [0.29, 0.717) is 0 Å². The molecule has 58 valence electrons. The van der Waals surface area contributed by atoms with Gasteiger partial charge in [0.1, 0.15) is 0 Å². The van der Waals surface area contributed by atoms with Crippen LogP contribution >= 0.6 is 38.9 Å². The Morgan fingerprint density at radius 1 is 1.82 bits per heavy atom. The van der Waals surface area contributed by atoms with Gasteiger partial charge in [-0.05, 0) is 39.7 Å². The molecular formula is C6H3BrClNOS. The average Bonchev–Trinajstić information content (AvgIpc) is 2.31. The number of nitrogens with zero attached hydrogens (tertiary/aromatic N) is 1. The summed E-state index contributed by atoms with van der Waals surface area (Å²) in [5.74, 6) is 0. The lowest BCUT2D eigenvalue weighted by Crippen LogP contribution is -1.75. The second kappa shape index (κ2) is 3.99. The van der Waals surface area contributed by atoms with E-state index in [-0.39, 0.29) is 0 Å². The zero-order valence-electron chi connectivity index (χ0n) is 5.25. The first kappa shape index (κ1) is 8.90. The number of carbonyl (C=O) groups excluding carboxylic acids is 1. The summed E-state index contributed by atoms with van der Waals surface area (Å²) < 4.78 is 0.791. The fraction of sp³-hybridized carbons (Fsp3) is 0. The van der Waals surface area contributed by atoms with Crippen molar-refractivity contribution in [2.45, 2.75) is 0 Å². The second-order valence-electron chi connectivity index (χ2n) is 1.66. The fourth-order valence-corrected chi connectivity index (χ4v) is 1.55. The summed E-state index contributed by atoms with van der Waals surface area (Å²) in [6.07, 6.45) is 2.83. The third-order valence-electron chi connectivity index (χ3n) is 0.879. The number of rotatable bonds is 2. The molecule has 0 bridgehead atoms. The van der Waals surface area contributed by atoms with Crippen LogP contribution < -0.4 is 0 Å². The highest BCUT2D eigenvalue weighted by Gasteiger charge is 1.94. The average molecular weight is 253 g/mol. The number of hydrogen-bond acceptors (Lipinski definition) is 3. The molecular weight excluding hydrogens is 249 g/mol. The molecule has 1 aromatic heterocycles. The maximum Gasteiger partial charge on any atom is 0.245 e. The van der Waals surface area contributed by atoms with Crippen LogP contribution in [0.15, 0.2) is 15.4 Å². The standard InChI is InChI=1S/C6H3BrClNOS/c7-6-9-4(3-11-6)1-2-5(8)10/h1-3H. The van der Waals surface area contributed by atoms with Crippen molar-refractivity contribution in [3.8, 4) is 0 Å². The molecule has 0 saturated heterocycles. The highest BCUT2D eigenvalue weighted by Crippen LogP contribution is 2.16. The summed E-state index contributed by atoms with van der Waals surface area (Å²) >= 11 is 9.72. The molecule has 0 fully saturated rings. The Bertz CT molecular complexity index is 297. The van der Waals surface area contributed by atoms with E-state index in [1.807, 2.05) is 5.38 Å². The first-order valence-corrected chi connectivity index (χ1v) is 4.72. The molecule has 11 heavy (non-hydrogen) atoms. The first-order chi connectivity index (χ1) is 5.18. The lowest BCUT2D eigenvalue weighted by molar-refractivity contribution is -0.107. The number of hydrogen-bond donors (Lipinski definition) is 0. The number of allylic oxidation sites excluding steroid dienone is 1. The van der Waals surface area contributed by atoms with Gasteiger partial charge in [-0.15, -0.1) is 11.3 Å². The number of carbonyl (C=O) groups is 1. The quantitative estimate of drug-likeness (QED) is 0.598. The SMILES string of the molecule is O=C(Cl)C=Cc1csc(Br)n1. The van der Waals surface area contributed by atoms with E-state index in [4.69, 9.17) is 11.6 Å². The van der Waals surface area contributed by atoms with E-state index < -0.39 is 5.24 Å². The Morgan fingerprint density at radius 3 is 3.00 bits per heavy atom. The van der Waals surface area contributed by atoms with Crippen molar-refractivity contribution in [2.24, 2.45) is 0 Å². The van der Waals surface area contributed by atoms with Gasteiger partial charge in [0, 0.05) is 5.38 Å². The van der Waals surface area contributed by atoms with Gasteiger partial charge in [0.15, 0.2) is 3.92 Å². The summed E-state index contributed by atoms with van der Waals surface area (Å²) in [6.45, 7) is 0. The zero-order chi connectivity index (χ0) is 8.27. The summed E-state index contributed by atoms with van der Waals surface area (Å²) in [5, 5.41) is 1.33. The monoisotopic (exact) mass is 251 g/mol. The molecule has 0 spiro atoms. The third-order valence-corrected chi connectivity index (χ3v) is 2.39. The topological polar surface area (TPSA) is 30.0 Å². The molecule has 0 atom stereocenters. The predicted molar refractivity (Wildman–Crippen MR) is 49.7 cm³/mol. The van der Waals surface area contributed by atoms with Crippen LogP contribution in [0, 0.1) is 0 Å². The van der Waals surface area contributed by atoms with E-state index >= 15 is 0 Å². The molecule has 5 heteroatoms. The van der Waals surface area contributed by atoms with Crippen molar-refractivity contribution >= 4 is 50.2 Å². The van der Waals surface area contributed by atoms with Crippen LogP contribution in [0.1, 0.15) is 5.69 Å². The van der Waals surface area contributed by atoms with Crippen LogP contribution in [0.4, 0.5) is 0 Å². The molecule has 0 aliphatic carbocycles. The van der Waals surface area contributed by atoms with Crippen LogP contribution in [-0.2, 0) is 4.79 Å². The van der Waals surface area contributed by atoms with Gasteiger partial charge in [-0.2, -0.15) is 0 Å². The van der Waals surface area contributed by atoms with Crippen LogP contribution in [0.25, 0.3) is 6.08 Å². The van der Waals surface area contributed by atoms with Gasteiger partial charge in [0.25, 0.3) is 0 Å². The van der Waals surface area contributed by atoms with Gasteiger partial charge in [0.05, 0.1) is 5.69 Å². The number of halogens is 2. The van der Waals surface area contributed by atoms with Gasteiger partial charge in [0.2, 0.25) is 5.24 Å². The molecule has 0 saturated carbocycles. The van der Waals surface area contributed by atoms with E-state index in [9.17, 15) is 4.79 Å². The van der Waals surface area contributed by atoms with Gasteiger partial charge in [-0.1, -0.05) is 0 Å². The predicted octanol–water partition coefficient (Wildman–Crippen LogP) is 2.68. The maximum absolute atomic E-state index is 10.3. The Morgan fingerprint density at radius 2 is 2.55 bits per heavy atom. The largest absolute Gasteiger partial charge is 0.276 e. The van der Waals surface area contributed by atoms with E-state index in [0.717, 1.165) is 9.61 Å². The highest BCUT2D eigenvalue weighted by atomic mass is 79.9. The lowest BCUT2D eigenvalue weighted by Gasteiger charge is -1.78. The Kier molecular flexibility index (Phi) is 3.23. The maximum atomic E-state index is 10.3. The van der Waals surface area contributed by atoms with E-state index in [1.54, 1.807) is 6.08 Å². The third kappa shape index (κ3) is 3.14. The zero-order valence-corrected chi connectivity index (χ0v) is 8.41. The summed E-state index contributed by atoms with van der Waals surface area (Å²) in [7, 11) is 0. The fourth-order valence-electron chi connectivity index (χ4n) is 0.491. The summed E-state index contributed by atoms with van der Waals surface area (Å²) in [6, 6.07) is 0. The summed E-state index contributed by atoms with van der Waals surface area (Å²) in [4.78, 5) is 14.3. The van der Waals surface area contributed by atoms with Gasteiger partial charge >= 0.3 is 0 Å². The smallest absolute Gasteiger partial charge is 0.245 e. The number of aromatic nitrogens is 1. The molecule has 1 heterocycles. The molecule has 0 aliphatic rings. The van der Waals surface area contributed by atoms with Crippen molar-refractivity contribution in [3.05, 3.63) is 21.1 Å². The van der Waals surface area contributed by atoms with Crippen molar-refractivity contribution in [3.63, 3.8) is 0 Å². The van der Waals surface area contributed by atoms with Crippen LogP contribution in [-0.4, -0.2) is 10.2 Å². The first-order valence-electron chi connectivity index (χ1n) is 2.67. The van der Waals surface area contributed by atoms with Gasteiger partial charge in [-0.25, -0.2) is 4.98 Å². The van der Waals surface area contributed by atoms with Crippen LogP contribution in [0.3, 0.4) is 0 Å². The Hall–Kier alpha value is -0.190. The van der Waals surface area contributed by atoms with E-state index in [2.05, 4.69) is 20.9 Å². The Balaban J connectivity index is 2.71. The van der Waals surface area contributed by atoms with Gasteiger partial charge in [-0.3, -0.25) is 4.79 Å². The minimum Gasteiger partial charge on any atom is -0.276 e. The van der Waals surface area contributed by atoms with Crippen molar-refractivity contribution in [1.82, 2.24) is 4.98 Å². The van der Waals surface area contributed by atoms with Crippen molar-refractivity contribution < 1.29 is 4.79 Å². The molecule has 0 N–H and O–H groups in total. The summed E-state index contributed by atoms with van der Waals surface area (Å²) in [5.41, 5.74) is 0.732. The molecule has 0 radical (unpaired) electrons. The molecule has 0 aromatic carbocycles. The molecule has 1 aromatic rings. The van der Waals surface area contributed by atoms with Crippen LogP contribution in [0.2, 0.25) is 0 Å². The minimum atomic E-state index is -0.492. The lowest BCUT2D eigenvalue weighted by atomic mass is 10.4. The van der Waals surface area contributed by atoms with Crippen molar-refractivity contribution in [1.29, 1.82) is 0 Å². The van der Waals surface area contributed by atoms with Crippen molar-refractivity contribution in [2.75, 3.05) is 0 Å².